The maximum atomic E-state index is 12.2. The zero-order valence-electron chi connectivity index (χ0n) is 11.0. The van der Waals surface area contributed by atoms with Gasteiger partial charge in [0.15, 0.2) is 0 Å². The Morgan fingerprint density at radius 3 is 2.95 bits per heavy atom. The summed E-state index contributed by atoms with van der Waals surface area (Å²) >= 11 is 11.8. The van der Waals surface area contributed by atoms with Crippen molar-refractivity contribution in [2.45, 2.75) is 45.1 Å². The number of halogens is 2. The Hall–Kier alpha value is -0.800. The number of carbonyl (C=O) groups excluding carboxylic acids is 1. The van der Waals surface area contributed by atoms with Gasteiger partial charge in [-0.3, -0.25) is 4.79 Å². The number of carbonyl (C=O) groups is 1. The van der Waals surface area contributed by atoms with Gasteiger partial charge in [-0.1, -0.05) is 49.4 Å². The highest BCUT2D eigenvalue weighted by Crippen LogP contribution is 2.27. The topological polar surface area (TPSA) is 42.0 Å². The average molecular weight is 301 g/mol. The standard InChI is InChI=1S/C14H18Cl2N2O/c1-2-9-4-3-5-10(8-9)17-14(19)13-11(15)6-7-12(16)18-13/h6-7,9-10H,2-5,8H2,1H3,(H,17,19). The summed E-state index contributed by atoms with van der Waals surface area (Å²) in [5.41, 5.74) is 0.216. The molecule has 3 nitrogen and oxygen atoms in total. The van der Waals surface area contributed by atoms with Crippen molar-refractivity contribution in [1.29, 1.82) is 0 Å². The van der Waals surface area contributed by atoms with Crippen LogP contribution in [0, 0.1) is 5.92 Å². The Bertz CT molecular complexity index is 465. The van der Waals surface area contributed by atoms with E-state index < -0.39 is 0 Å². The molecule has 0 bridgehead atoms. The number of amides is 1. The molecule has 2 unspecified atom stereocenters. The van der Waals surface area contributed by atoms with Crippen molar-refractivity contribution >= 4 is 29.1 Å². The minimum absolute atomic E-state index is 0.216. The molecule has 0 aromatic carbocycles. The maximum Gasteiger partial charge on any atom is 0.271 e. The maximum absolute atomic E-state index is 12.2. The van der Waals surface area contributed by atoms with Crippen LogP contribution >= 0.6 is 23.2 Å². The van der Waals surface area contributed by atoms with Crippen LogP contribution in [0.25, 0.3) is 0 Å². The van der Waals surface area contributed by atoms with Crippen molar-refractivity contribution < 1.29 is 4.79 Å². The number of rotatable bonds is 3. The molecule has 0 radical (unpaired) electrons. The van der Waals surface area contributed by atoms with Crippen molar-refractivity contribution in [2.24, 2.45) is 5.92 Å². The zero-order chi connectivity index (χ0) is 13.8. The molecule has 0 aliphatic heterocycles. The first-order chi connectivity index (χ1) is 9.10. The van der Waals surface area contributed by atoms with Gasteiger partial charge in [0.25, 0.3) is 5.91 Å². The molecule has 1 N–H and O–H groups in total. The van der Waals surface area contributed by atoms with E-state index >= 15 is 0 Å². The predicted octanol–water partition coefficient (Wildman–Crippen LogP) is 4.09. The van der Waals surface area contributed by atoms with Gasteiger partial charge in [0.05, 0.1) is 5.02 Å². The van der Waals surface area contributed by atoms with Crippen LogP contribution in [0.15, 0.2) is 12.1 Å². The van der Waals surface area contributed by atoms with Gasteiger partial charge in [-0.05, 0) is 30.9 Å². The molecule has 1 aliphatic carbocycles. The van der Waals surface area contributed by atoms with Crippen molar-refractivity contribution in [1.82, 2.24) is 10.3 Å². The molecule has 2 rings (SSSR count). The largest absolute Gasteiger partial charge is 0.348 e. The lowest BCUT2D eigenvalue weighted by Gasteiger charge is -2.29. The molecule has 0 saturated heterocycles. The lowest BCUT2D eigenvalue weighted by Crippen LogP contribution is -2.38. The molecular weight excluding hydrogens is 283 g/mol. The molecule has 104 valence electrons. The highest BCUT2D eigenvalue weighted by Gasteiger charge is 2.23. The number of hydrogen-bond donors (Lipinski definition) is 1. The first-order valence-corrected chi connectivity index (χ1v) is 7.48. The monoisotopic (exact) mass is 300 g/mol. The van der Waals surface area contributed by atoms with Crippen LogP contribution in [0.3, 0.4) is 0 Å². The van der Waals surface area contributed by atoms with Gasteiger partial charge in [0, 0.05) is 6.04 Å². The summed E-state index contributed by atoms with van der Waals surface area (Å²) in [6, 6.07) is 3.40. The second-order valence-electron chi connectivity index (χ2n) is 5.08. The average Bonchev–Trinajstić information content (AvgIpc) is 2.41. The highest BCUT2D eigenvalue weighted by atomic mass is 35.5. The lowest BCUT2D eigenvalue weighted by molar-refractivity contribution is 0.0914. The van der Waals surface area contributed by atoms with Crippen LogP contribution in [0.1, 0.15) is 49.5 Å². The molecular formula is C14H18Cl2N2O. The van der Waals surface area contributed by atoms with E-state index in [0.29, 0.717) is 10.9 Å². The molecule has 19 heavy (non-hydrogen) atoms. The molecule has 1 fully saturated rings. The van der Waals surface area contributed by atoms with E-state index in [1.807, 2.05) is 0 Å². The Morgan fingerprint density at radius 2 is 2.21 bits per heavy atom. The van der Waals surface area contributed by atoms with Gasteiger partial charge >= 0.3 is 0 Å². The number of pyridine rings is 1. The zero-order valence-corrected chi connectivity index (χ0v) is 12.5. The minimum Gasteiger partial charge on any atom is -0.348 e. The number of aromatic nitrogens is 1. The van der Waals surface area contributed by atoms with Crippen LogP contribution in [-0.2, 0) is 0 Å². The van der Waals surface area contributed by atoms with E-state index in [0.717, 1.165) is 12.8 Å². The van der Waals surface area contributed by atoms with Gasteiger partial charge in [-0.15, -0.1) is 0 Å². The van der Waals surface area contributed by atoms with Gasteiger partial charge in [0.2, 0.25) is 0 Å². The van der Waals surface area contributed by atoms with Gasteiger partial charge < -0.3 is 5.32 Å². The third-order valence-electron chi connectivity index (χ3n) is 3.72. The van der Waals surface area contributed by atoms with E-state index in [1.54, 1.807) is 12.1 Å². The highest BCUT2D eigenvalue weighted by molar-refractivity contribution is 6.34. The van der Waals surface area contributed by atoms with E-state index in [-0.39, 0.29) is 22.8 Å². The third kappa shape index (κ3) is 3.83. The molecule has 1 aromatic heterocycles. The Morgan fingerprint density at radius 1 is 1.42 bits per heavy atom. The second-order valence-corrected chi connectivity index (χ2v) is 5.87. The number of nitrogens with zero attached hydrogens (tertiary/aromatic N) is 1. The SMILES string of the molecule is CCC1CCCC(NC(=O)c2nc(Cl)ccc2Cl)C1. The molecule has 2 atom stereocenters. The Balaban J connectivity index is 2.02. The molecule has 5 heteroatoms. The smallest absolute Gasteiger partial charge is 0.271 e. The number of nitrogens with one attached hydrogen (secondary N) is 1. The molecule has 1 aliphatic rings. The van der Waals surface area contributed by atoms with E-state index in [2.05, 4.69) is 17.2 Å². The number of hydrogen-bond acceptors (Lipinski definition) is 2. The third-order valence-corrected chi connectivity index (χ3v) is 4.24. The Kier molecular flexibility index (Phi) is 5.06. The van der Waals surface area contributed by atoms with Crippen LogP contribution in [0.4, 0.5) is 0 Å². The van der Waals surface area contributed by atoms with Crippen LogP contribution in [-0.4, -0.2) is 16.9 Å². The van der Waals surface area contributed by atoms with Crippen molar-refractivity contribution in [3.63, 3.8) is 0 Å². The van der Waals surface area contributed by atoms with Crippen molar-refractivity contribution in [3.05, 3.63) is 28.0 Å². The fourth-order valence-electron chi connectivity index (χ4n) is 2.62. The summed E-state index contributed by atoms with van der Waals surface area (Å²) in [4.78, 5) is 16.2. The van der Waals surface area contributed by atoms with Gasteiger partial charge in [0.1, 0.15) is 10.8 Å². The normalized spacial score (nSPS) is 23.1. The van der Waals surface area contributed by atoms with Crippen LogP contribution in [0.2, 0.25) is 10.2 Å². The summed E-state index contributed by atoms with van der Waals surface area (Å²) in [7, 11) is 0. The Labute approximate surface area is 123 Å². The molecule has 1 aromatic rings. The fourth-order valence-corrected chi connectivity index (χ4v) is 2.96. The van der Waals surface area contributed by atoms with Crippen molar-refractivity contribution in [3.8, 4) is 0 Å². The second kappa shape index (κ2) is 6.58. The van der Waals surface area contributed by atoms with E-state index in [4.69, 9.17) is 23.2 Å². The minimum atomic E-state index is -0.228. The van der Waals surface area contributed by atoms with Crippen LogP contribution in [0.5, 0.6) is 0 Å². The quantitative estimate of drug-likeness (QED) is 0.854. The molecule has 1 saturated carbocycles. The summed E-state index contributed by atoms with van der Waals surface area (Å²) in [6.45, 7) is 2.20. The van der Waals surface area contributed by atoms with Gasteiger partial charge in [-0.2, -0.15) is 0 Å². The van der Waals surface area contributed by atoms with E-state index in [1.165, 1.54) is 19.3 Å². The van der Waals surface area contributed by atoms with Gasteiger partial charge in [-0.25, -0.2) is 4.98 Å². The predicted molar refractivity (Wildman–Crippen MR) is 77.8 cm³/mol. The molecule has 1 amide bonds. The first kappa shape index (κ1) is 14.6. The summed E-state index contributed by atoms with van der Waals surface area (Å²) in [5.74, 6) is 0.482. The summed E-state index contributed by atoms with van der Waals surface area (Å²) < 4.78 is 0. The first-order valence-electron chi connectivity index (χ1n) is 6.73. The van der Waals surface area contributed by atoms with Crippen LogP contribution < -0.4 is 5.32 Å². The summed E-state index contributed by atoms with van der Waals surface area (Å²) in [5, 5.41) is 3.64. The summed E-state index contributed by atoms with van der Waals surface area (Å²) in [6.07, 6.45) is 5.67. The molecule has 1 heterocycles. The van der Waals surface area contributed by atoms with Crippen molar-refractivity contribution in [2.75, 3.05) is 0 Å². The van der Waals surface area contributed by atoms with E-state index in [9.17, 15) is 4.79 Å². The lowest BCUT2D eigenvalue weighted by atomic mass is 9.84. The molecule has 0 spiro atoms. The fraction of sp³-hybridized carbons (Fsp3) is 0.571.